The van der Waals surface area contributed by atoms with Crippen LogP contribution in [0.5, 0.6) is 0 Å². The van der Waals surface area contributed by atoms with E-state index in [0.29, 0.717) is 5.82 Å². The maximum atomic E-state index is 13.7. The number of aromatic amines is 1. The van der Waals surface area contributed by atoms with Crippen molar-refractivity contribution in [1.82, 2.24) is 14.8 Å². The molecule has 0 aliphatic carbocycles. The van der Waals surface area contributed by atoms with Crippen LogP contribution >= 0.6 is 0 Å². The van der Waals surface area contributed by atoms with Crippen LogP contribution in [0.25, 0.3) is 17.1 Å². The summed E-state index contributed by atoms with van der Waals surface area (Å²) in [5.41, 5.74) is 0.435. The second kappa shape index (κ2) is 4.53. The highest BCUT2D eigenvalue weighted by Crippen LogP contribution is 2.14. The fraction of sp³-hybridized carbons (Fsp3) is 0. The van der Waals surface area contributed by atoms with Crippen LogP contribution in [0.3, 0.4) is 0 Å². The second-order valence-corrected chi connectivity index (χ2v) is 4.01. The van der Waals surface area contributed by atoms with Crippen molar-refractivity contribution >= 4 is 0 Å². The van der Waals surface area contributed by atoms with Crippen LogP contribution in [0.15, 0.2) is 59.4 Å². The van der Waals surface area contributed by atoms with Crippen molar-refractivity contribution in [2.24, 2.45) is 0 Å². The molecule has 0 saturated heterocycles. The highest BCUT2D eigenvalue weighted by atomic mass is 19.1. The number of rotatable bonds is 2. The number of nitrogens with zero attached hydrogens (tertiary/aromatic N) is 2. The van der Waals surface area contributed by atoms with E-state index in [4.69, 9.17) is 0 Å². The van der Waals surface area contributed by atoms with Crippen LogP contribution < -0.4 is 5.69 Å². The number of aromatic nitrogens is 3. The van der Waals surface area contributed by atoms with E-state index in [1.54, 1.807) is 12.1 Å². The average Bonchev–Trinajstić information content (AvgIpc) is 2.82. The summed E-state index contributed by atoms with van der Waals surface area (Å²) < 4.78 is 14.7. The average molecular weight is 255 g/mol. The van der Waals surface area contributed by atoms with E-state index >= 15 is 0 Å². The third kappa shape index (κ3) is 2.06. The highest BCUT2D eigenvalue weighted by molar-refractivity contribution is 5.54. The molecule has 0 atom stereocenters. The molecule has 19 heavy (non-hydrogen) atoms. The van der Waals surface area contributed by atoms with Gasteiger partial charge in [0.25, 0.3) is 0 Å². The summed E-state index contributed by atoms with van der Waals surface area (Å²) in [6.45, 7) is 0. The van der Waals surface area contributed by atoms with Gasteiger partial charge >= 0.3 is 5.69 Å². The predicted octanol–water partition coefficient (Wildman–Crippen LogP) is 2.37. The van der Waals surface area contributed by atoms with Crippen molar-refractivity contribution in [3.05, 3.63) is 70.9 Å². The molecule has 5 heteroatoms. The van der Waals surface area contributed by atoms with E-state index in [2.05, 4.69) is 10.1 Å². The first-order valence-corrected chi connectivity index (χ1v) is 5.75. The molecule has 4 nitrogen and oxygen atoms in total. The second-order valence-electron chi connectivity index (χ2n) is 4.01. The molecule has 1 N–H and O–H groups in total. The lowest BCUT2D eigenvalue weighted by Crippen LogP contribution is -2.17. The molecule has 1 aromatic heterocycles. The third-order valence-corrected chi connectivity index (χ3v) is 2.75. The maximum absolute atomic E-state index is 13.7. The van der Waals surface area contributed by atoms with Gasteiger partial charge in [0.05, 0.1) is 0 Å². The molecule has 1 heterocycles. The summed E-state index contributed by atoms with van der Waals surface area (Å²) in [6.07, 6.45) is 0. The Kier molecular flexibility index (Phi) is 2.72. The molecular formula is C14H10FN3O. The van der Waals surface area contributed by atoms with Gasteiger partial charge in [-0.3, -0.25) is 4.98 Å². The van der Waals surface area contributed by atoms with Crippen LogP contribution in [0.2, 0.25) is 0 Å². The maximum Gasteiger partial charge on any atom is 0.348 e. The first-order valence-electron chi connectivity index (χ1n) is 5.75. The van der Waals surface area contributed by atoms with Gasteiger partial charge in [-0.25, -0.2) is 9.18 Å². The quantitative estimate of drug-likeness (QED) is 0.764. The van der Waals surface area contributed by atoms with E-state index in [1.165, 1.54) is 12.1 Å². The summed E-state index contributed by atoms with van der Waals surface area (Å²) in [5, 5.41) is 4.12. The molecule has 0 aliphatic heterocycles. The number of para-hydroxylation sites is 1. The summed E-state index contributed by atoms with van der Waals surface area (Å²) in [4.78, 5) is 14.5. The molecule has 3 aromatic rings. The fourth-order valence-electron chi connectivity index (χ4n) is 1.84. The van der Waals surface area contributed by atoms with Crippen molar-refractivity contribution in [3.8, 4) is 17.1 Å². The molecule has 0 aliphatic rings. The summed E-state index contributed by atoms with van der Waals surface area (Å²) in [6, 6.07) is 15.2. The van der Waals surface area contributed by atoms with Crippen LogP contribution in [0.4, 0.5) is 4.39 Å². The van der Waals surface area contributed by atoms with E-state index < -0.39 is 11.5 Å². The first kappa shape index (κ1) is 11.4. The van der Waals surface area contributed by atoms with E-state index in [9.17, 15) is 9.18 Å². The molecule has 0 fully saturated rings. The Balaban J connectivity index is 2.14. The molecular weight excluding hydrogens is 245 g/mol. The normalized spacial score (nSPS) is 10.6. The molecule has 0 saturated carbocycles. The molecule has 0 unspecified atom stereocenters. The van der Waals surface area contributed by atoms with Crippen molar-refractivity contribution in [2.75, 3.05) is 0 Å². The largest absolute Gasteiger partial charge is 0.348 e. The van der Waals surface area contributed by atoms with Gasteiger partial charge in [0.15, 0.2) is 5.82 Å². The monoisotopic (exact) mass is 255 g/mol. The lowest BCUT2D eigenvalue weighted by Gasteiger charge is -2.00. The standard InChI is InChI=1S/C14H10FN3O/c15-11-8-4-5-9-12(11)18-14(19)16-13(17-18)10-6-2-1-3-7-10/h1-9H,(H,16,17,19). The molecule has 94 valence electrons. The lowest BCUT2D eigenvalue weighted by atomic mass is 10.2. The minimum absolute atomic E-state index is 0.130. The minimum atomic E-state index is -0.490. The Morgan fingerprint density at radius 1 is 1.00 bits per heavy atom. The minimum Gasteiger partial charge on any atom is -0.288 e. The lowest BCUT2D eigenvalue weighted by molar-refractivity contribution is 0.608. The third-order valence-electron chi connectivity index (χ3n) is 2.75. The van der Waals surface area contributed by atoms with Crippen LogP contribution in [-0.4, -0.2) is 14.8 Å². The van der Waals surface area contributed by atoms with Crippen molar-refractivity contribution in [2.45, 2.75) is 0 Å². The van der Waals surface area contributed by atoms with Crippen molar-refractivity contribution in [3.63, 3.8) is 0 Å². The zero-order valence-corrected chi connectivity index (χ0v) is 9.88. The number of benzene rings is 2. The van der Waals surface area contributed by atoms with Gasteiger partial charge in [0, 0.05) is 5.56 Å². The molecule has 0 radical (unpaired) electrons. The SMILES string of the molecule is O=c1[nH]c(-c2ccccc2)nn1-c1ccccc1F. The van der Waals surface area contributed by atoms with Gasteiger partial charge in [-0.05, 0) is 12.1 Å². The van der Waals surface area contributed by atoms with Crippen molar-refractivity contribution in [1.29, 1.82) is 0 Å². The van der Waals surface area contributed by atoms with Gasteiger partial charge in [0.1, 0.15) is 11.5 Å². The van der Waals surface area contributed by atoms with E-state index in [1.807, 2.05) is 30.3 Å². The number of hydrogen-bond acceptors (Lipinski definition) is 2. The smallest absolute Gasteiger partial charge is 0.288 e. The Labute approximate surface area is 108 Å². The zero-order valence-electron chi connectivity index (χ0n) is 9.88. The number of nitrogens with one attached hydrogen (secondary N) is 1. The van der Waals surface area contributed by atoms with Gasteiger partial charge < -0.3 is 0 Å². The van der Waals surface area contributed by atoms with E-state index in [0.717, 1.165) is 10.2 Å². The Hall–Kier alpha value is -2.69. The van der Waals surface area contributed by atoms with Crippen LogP contribution in [-0.2, 0) is 0 Å². The molecule has 0 bridgehead atoms. The summed E-state index contributed by atoms with van der Waals surface area (Å²) >= 11 is 0. The number of hydrogen-bond donors (Lipinski definition) is 1. The molecule has 0 amide bonds. The fourth-order valence-corrected chi connectivity index (χ4v) is 1.84. The zero-order chi connectivity index (χ0) is 13.2. The predicted molar refractivity (Wildman–Crippen MR) is 69.6 cm³/mol. The Morgan fingerprint density at radius 3 is 2.42 bits per heavy atom. The van der Waals surface area contributed by atoms with Gasteiger partial charge in [-0.2, -0.15) is 4.68 Å². The van der Waals surface area contributed by atoms with Gasteiger partial charge in [-0.1, -0.05) is 42.5 Å². The van der Waals surface area contributed by atoms with Gasteiger partial charge in [-0.15, -0.1) is 5.10 Å². The highest BCUT2D eigenvalue weighted by Gasteiger charge is 2.11. The van der Waals surface area contributed by atoms with Crippen molar-refractivity contribution < 1.29 is 4.39 Å². The Bertz CT molecular complexity index is 762. The number of H-pyrrole nitrogens is 1. The molecule has 2 aromatic carbocycles. The molecule has 3 rings (SSSR count). The Morgan fingerprint density at radius 2 is 1.68 bits per heavy atom. The summed E-state index contributed by atoms with van der Waals surface area (Å²) in [5.74, 6) is -0.0791. The number of halogens is 1. The van der Waals surface area contributed by atoms with Crippen LogP contribution in [0.1, 0.15) is 0 Å². The topological polar surface area (TPSA) is 50.7 Å². The van der Waals surface area contributed by atoms with E-state index in [-0.39, 0.29) is 5.69 Å². The first-order chi connectivity index (χ1) is 9.25. The van der Waals surface area contributed by atoms with Crippen LogP contribution in [0, 0.1) is 5.82 Å². The van der Waals surface area contributed by atoms with Gasteiger partial charge in [0.2, 0.25) is 0 Å². The summed E-state index contributed by atoms with van der Waals surface area (Å²) in [7, 11) is 0. The molecule has 0 spiro atoms.